The van der Waals surface area contributed by atoms with E-state index in [0.29, 0.717) is 27.2 Å². The highest BCUT2D eigenvalue weighted by Gasteiger charge is 2.39. The molecule has 4 aromatic rings. The normalized spacial score (nSPS) is 12.3. The number of nitrogens with zero attached hydrogens (tertiary/aromatic N) is 4. The van der Waals surface area contributed by atoms with Crippen LogP contribution in [-0.2, 0) is 18.8 Å². The molecule has 0 amide bonds. The van der Waals surface area contributed by atoms with Gasteiger partial charge in [-0.3, -0.25) is 0 Å². The number of fused-ring (bicyclic) bond motifs is 1. The molecule has 4 rings (SSSR count). The van der Waals surface area contributed by atoms with Gasteiger partial charge in [0.1, 0.15) is 23.0 Å². The lowest BCUT2D eigenvalue weighted by Crippen LogP contribution is -2.17. The maximum absolute atomic E-state index is 13.1. The van der Waals surface area contributed by atoms with Gasteiger partial charge in [0.05, 0.1) is 17.6 Å². The van der Waals surface area contributed by atoms with E-state index in [1.165, 1.54) is 0 Å². The minimum absolute atomic E-state index is 0.0360. The zero-order valence-electron chi connectivity index (χ0n) is 15.8. The van der Waals surface area contributed by atoms with E-state index in [4.69, 9.17) is 11.6 Å². The van der Waals surface area contributed by atoms with Gasteiger partial charge in [-0.2, -0.15) is 26.3 Å². The van der Waals surface area contributed by atoms with E-state index < -0.39 is 36.0 Å². The maximum atomic E-state index is 13.1. The molecule has 4 nitrogen and oxygen atoms in total. The Balaban J connectivity index is 1.86. The molecule has 2 aromatic heterocycles. The molecule has 164 valence electrons. The molecule has 0 fully saturated rings. The van der Waals surface area contributed by atoms with Crippen LogP contribution in [-0.4, -0.2) is 19.9 Å². The number of hydrogen-bond acceptors (Lipinski definition) is 4. The number of hydrogen-bond donors (Lipinski definition) is 0. The zero-order valence-corrected chi connectivity index (χ0v) is 16.6. The molecule has 11 heteroatoms. The van der Waals surface area contributed by atoms with Crippen molar-refractivity contribution in [2.24, 2.45) is 0 Å². The third-order valence-corrected chi connectivity index (χ3v) is 4.66. The van der Waals surface area contributed by atoms with Crippen LogP contribution < -0.4 is 0 Å². The number of aromatic nitrogens is 4. The van der Waals surface area contributed by atoms with Crippen molar-refractivity contribution >= 4 is 22.5 Å². The molecule has 2 aromatic carbocycles. The summed E-state index contributed by atoms with van der Waals surface area (Å²) in [5.41, 5.74) is -1.86. The lowest BCUT2D eigenvalue weighted by atomic mass is 10.1. The Labute approximate surface area is 181 Å². The van der Waals surface area contributed by atoms with Crippen molar-refractivity contribution < 1.29 is 26.3 Å². The third kappa shape index (κ3) is 4.64. The van der Waals surface area contributed by atoms with E-state index in [2.05, 4.69) is 19.9 Å². The first kappa shape index (κ1) is 21.9. The van der Waals surface area contributed by atoms with Crippen molar-refractivity contribution in [3.8, 4) is 11.3 Å². The molecule has 0 aliphatic heterocycles. The molecule has 0 saturated carbocycles. The van der Waals surface area contributed by atoms with E-state index in [9.17, 15) is 26.3 Å². The SMILES string of the molecule is FC(F)(F)c1cc(C(F)(F)F)nc(Cc2nc(-c3ccccc3)c3cc(Cl)ccc3n2)n1. The highest BCUT2D eigenvalue weighted by molar-refractivity contribution is 6.31. The zero-order chi connectivity index (χ0) is 23.1. The van der Waals surface area contributed by atoms with Crippen LogP contribution in [0.5, 0.6) is 0 Å². The van der Waals surface area contributed by atoms with Crippen molar-refractivity contribution in [3.63, 3.8) is 0 Å². The summed E-state index contributed by atoms with van der Waals surface area (Å²) in [7, 11) is 0. The van der Waals surface area contributed by atoms with Crippen molar-refractivity contribution in [2.45, 2.75) is 18.8 Å². The lowest BCUT2D eigenvalue weighted by molar-refractivity contribution is -0.147. The predicted octanol–water partition coefficient (Wildman–Crippen LogP) is 6.37. The number of alkyl halides is 6. The fourth-order valence-electron chi connectivity index (χ4n) is 3.05. The fourth-order valence-corrected chi connectivity index (χ4v) is 3.22. The summed E-state index contributed by atoms with van der Waals surface area (Å²) in [6.45, 7) is 0. The topological polar surface area (TPSA) is 51.6 Å². The molecule has 32 heavy (non-hydrogen) atoms. The van der Waals surface area contributed by atoms with E-state index >= 15 is 0 Å². The van der Waals surface area contributed by atoms with Crippen LogP contribution in [0, 0.1) is 0 Å². The first-order chi connectivity index (χ1) is 15.0. The van der Waals surface area contributed by atoms with Gasteiger partial charge in [0, 0.05) is 16.0 Å². The summed E-state index contributed by atoms with van der Waals surface area (Å²) in [6.07, 6.45) is -10.7. The Morgan fingerprint density at radius 2 is 1.28 bits per heavy atom. The molecule has 0 N–H and O–H groups in total. The summed E-state index contributed by atoms with van der Waals surface area (Å²) in [4.78, 5) is 15.2. The average molecular weight is 469 g/mol. The number of benzene rings is 2. The second kappa shape index (κ2) is 8.01. The van der Waals surface area contributed by atoms with Gasteiger partial charge in [-0.15, -0.1) is 0 Å². The van der Waals surface area contributed by atoms with E-state index in [0.717, 1.165) is 0 Å². The van der Waals surface area contributed by atoms with Gasteiger partial charge in [-0.05, 0) is 24.3 Å². The average Bonchev–Trinajstić information content (AvgIpc) is 2.72. The summed E-state index contributed by atoms with van der Waals surface area (Å²) < 4.78 is 78.6. The Bertz CT molecular complexity index is 1260. The van der Waals surface area contributed by atoms with Crippen LogP contribution in [0.4, 0.5) is 26.3 Å². The molecule has 0 saturated heterocycles. The smallest absolute Gasteiger partial charge is 0.232 e. The quantitative estimate of drug-likeness (QED) is 0.328. The van der Waals surface area contributed by atoms with Crippen LogP contribution >= 0.6 is 11.6 Å². The summed E-state index contributed by atoms with van der Waals surface area (Å²) in [5.74, 6) is -0.731. The molecule has 0 aliphatic rings. The Morgan fingerprint density at radius 3 is 1.88 bits per heavy atom. The Hall–Kier alpha value is -3.27. The molecule has 0 bridgehead atoms. The minimum atomic E-state index is -5.08. The first-order valence-corrected chi connectivity index (χ1v) is 9.42. The van der Waals surface area contributed by atoms with Gasteiger partial charge in [0.2, 0.25) is 0 Å². The molecule has 0 unspecified atom stereocenters. The van der Waals surface area contributed by atoms with Crippen LogP contribution in [0.2, 0.25) is 5.02 Å². The van der Waals surface area contributed by atoms with Gasteiger partial charge < -0.3 is 0 Å². The fraction of sp³-hybridized carbons (Fsp3) is 0.143. The monoisotopic (exact) mass is 468 g/mol. The van der Waals surface area contributed by atoms with Crippen LogP contribution in [0.1, 0.15) is 23.0 Å². The number of rotatable bonds is 3. The van der Waals surface area contributed by atoms with Crippen molar-refractivity contribution in [3.05, 3.63) is 82.7 Å². The van der Waals surface area contributed by atoms with Crippen molar-refractivity contribution in [1.82, 2.24) is 19.9 Å². The standard InChI is InChI=1S/C21H11ClF6N4/c22-12-6-7-14-13(8-12)19(11-4-2-1-3-5-11)32-17(29-14)10-18-30-15(20(23,24)25)9-16(31-18)21(26,27)28/h1-9H,10H2. The summed E-state index contributed by atoms with van der Waals surface area (Å²) in [5, 5.41) is 0.996. The molecular weight excluding hydrogens is 458 g/mol. The highest BCUT2D eigenvalue weighted by Crippen LogP contribution is 2.34. The Kier molecular flexibility index (Phi) is 5.49. The Morgan fingerprint density at radius 1 is 0.688 bits per heavy atom. The third-order valence-electron chi connectivity index (χ3n) is 4.42. The van der Waals surface area contributed by atoms with Crippen LogP contribution in [0.15, 0.2) is 54.6 Å². The molecular formula is C21H11ClF6N4. The second-order valence-corrected chi connectivity index (χ2v) is 7.18. The van der Waals surface area contributed by atoms with Crippen LogP contribution in [0.3, 0.4) is 0 Å². The van der Waals surface area contributed by atoms with Gasteiger partial charge in [0.25, 0.3) is 0 Å². The van der Waals surface area contributed by atoms with E-state index in [-0.39, 0.29) is 11.9 Å². The van der Waals surface area contributed by atoms with E-state index in [1.807, 2.05) is 0 Å². The van der Waals surface area contributed by atoms with Gasteiger partial charge in [0.15, 0.2) is 0 Å². The highest BCUT2D eigenvalue weighted by atomic mass is 35.5. The lowest BCUT2D eigenvalue weighted by Gasteiger charge is -2.13. The molecule has 0 radical (unpaired) electrons. The first-order valence-electron chi connectivity index (χ1n) is 9.04. The molecule has 2 heterocycles. The second-order valence-electron chi connectivity index (χ2n) is 6.74. The molecule has 0 aliphatic carbocycles. The van der Waals surface area contributed by atoms with Crippen molar-refractivity contribution in [1.29, 1.82) is 0 Å². The molecule has 0 spiro atoms. The molecule has 0 atom stereocenters. The largest absolute Gasteiger partial charge is 0.433 e. The van der Waals surface area contributed by atoms with Gasteiger partial charge in [-0.1, -0.05) is 41.9 Å². The summed E-state index contributed by atoms with van der Waals surface area (Å²) in [6, 6.07) is 13.5. The van der Waals surface area contributed by atoms with Crippen molar-refractivity contribution in [2.75, 3.05) is 0 Å². The summed E-state index contributed by atoms with van der Waals surface area (Å²) >= 11 is 6.08. The van der Waals surface area contributed by atoms with Crippen LogP contribution in [0.25, 0.3) is 22.2 Å². The minimum Gasteiger partial charge on any atom is -0.232 e. The van der Waals surface area contributed by atoms with Gasteiger partial charge >= 0.3 is 12.4 Å². The number of halogens is 7. The van der Waals surface area contributed by atoms with E-state index in [1.54, 1.807) is 48.5 Å². The predicted molar refractivity (Wildman–Crippen MR) is 105 cm³/mol. The maximum Gasteiger partial charge on any atom is 0.433 e. The van der Waals surface area contributed by atoms with Gasteiger partial charge in [-0.25, -0.2) is 19.9 Å².